The number of benzene rings is 3. The highest BCUT2D eigenvalue weighted by molar-refractivity contribution is 8.00. The molecule has 0 unspecified atom stereocenters. The Bertz CT molecular complexity index is 1140. The Kier molecular flexibility index (Phi) is 7.47. The lowest BCUT2D eigenvalue weighted by molar-refractivity contribution is -0.129. The zero-order valence-electron chi connectivity index (χ0n) is 18.4. The molecule has 4 rings (SSSR count). The molecule has 0 saturated carbocycles. The van der Waals surface area contributed by atoms with Gasteiger partial charge in [-0.15, -0.1) is 11.8 Å². The number of amides is 1. The fraction of sp³-hybridized carbons (Fsp3) is 0.179. The lowest BCUT2D eigenvalue weighted by Crippen LogP contribution is -2.32. The van der Waals surface area contributed by atoms with E-state index >= 15 is 0 Å². The number of carbonyl (C=O) groups excluding carboxylic acids is 1. The molecular weight excluding hydrogens is 412 g/mol. The number of aryl methyl sites for hydroxylation is 1. The number of carbonyl (C=O) groups is 1. The van der Waals surface area contributed by atoms with Gasteiger partial charge in [0.25, 0.3) is 0 Å². The van der Waals surface area contributed by atoms with Crippen molar-refractivity contribution in [2.45, 2.75) is 31.5 Å². The van der Waals surface area contributed by atoms with Crippen molar-refractivity contribution in [3.63, 3.8) is 0 Å². The lowest BCUT2D eigenvalue weighted by Gasteiger charge is -2.24. The summed E-state index contributed by atoms with van der Waals surface area (Å²) in [6, 6.07) is 33.0. The smallest absolute Gasteiger partial charge is 0.233 e. The molecule has 0 aliphatic heterocycles. The third-order valence-corrected chi connectivity index (χ3v) is 6.55. The summed E-state index contributed by atoms with van der Waals surface area (Å²) in [6.07, 6.45) is 2.10. The summed E-state index contributed by atoms with van der Waals surface area (Å²) in [5.74, 6) is 0.571. The van der Waals surface area contributed by atoms with Gasteiger partial charge in [-0.2, -0.15) is 0 Å². The van der Waals surface area contributed by atoms with Crippen LogP contribution >= 0.6 is 11.8 Å². The molecule has 0 spiro atoms. The zero-order chi connectivity index (χ0) is 22.2. The van der Waals surface area contributed by atoms with E-state index in [1.165, 1.54) is 11.1 Å². The van der Waals surface area contributed by atoms with Crippen LogP contribution in [-0.4, -0.2) is 21.1 Å². The van der Waals surface area contributed by atoms with Crippen molar-refractivity contribution in [3.8, 4) is 0 Å². The van der Waals surface area contributed by atoms with Crippen LogP contribution in [0.2, 0.25) is 0 Å². The van der Waals surface area contributed by atoms with Gasteiger partial charge in [-0.05, 0) is 47.9 Å². The van der Waals surface area contributed by atoms with Crippen LogP contribution in [0.1, 0.15) is 22.4 Å². The maximum atomic E-state index is 13.3. The maximum Gasteiger partial charge on any atom is 0.233 e. The normalized spacial score (nSPS) is 10.8. The molecule has 4 heteroatoms. The summed E-state index contributed by atoms with van der Waals surface area (Å²) in [7, 11) is 0. The van der Waals surface area contributed by atoms with Gasteiger partial charge >= 0.3 is 0 Å². The molecule has 162 valence electrons. The van der Waals surface area contributed by atoms with Crippen molar-refractivity contribution in [2.75, 3.05) is 5.75 Å². The predicted octanol–water partition coefficient (Wildman–Crippen LogP) is 6.17. The molecule has 0 saturated heterocycles. The molecule has 3 aromatic carbocycles. The van der Waals surface area contributed by atoms with Crippen LogP contribution in [-0.2, 0) is 24.4 Å². The lowest BCUT2D eigenvalue weighted by atomic mass is 10.1. The summed E-state index contributed by atoms with van der Waals surface area (Å²) < 4.78 is 2.25. The third-order valence-electron chi connectivity index (χ3n) is 5.55. The van der Waals surface area contributed by atoms with Crippen LogP contribution in [0, 0.1) is 6.92 Å². The highest BCUT2D eigenvalue weighted by Crippen LogP contribution is 2.20. The Morgan fingerprint density at radius 1 is 0.812 bits per heavy atom. The first-order chi connectivity index (χ1) is 15.7. The van der Waals surface area contributed by atoms with Crippen molar-refractivity contribution < 1.29 is 4.79 Å². The van der Waals surface area contributed by atoms with E-state index in [1.807, 2.05) is 53.4 Å². The van der Waals surface area contributed by atoms with Crippen LogP contribution in [0.4, 0.5) is 0 Å². The minimum Gasteiger partial charge on any atom is -0.345 e. The van der Waals surface area contributed by atoms with E-state index in [-0.39, 0.29) is 5.91 Å². The van der Waals surface area contributed by atoms with E-state index in [1.54, 1.807) is 11.8 Å². The van der Waals surface area contributed by atoms with Gasteiger partial charge in [0.15, 0.2) is 0 Å². The Morgan fingerprint density at radius 2 is 1.50 bits per heavy atom. The predicted molar refractivity (Wildman–Crippen MR) is 133 cm³/mol. The SMILES string of the molecule is Cc1ccccc1Cn1cccc1CN(Cc1ccccc1)C(=O)CSc1ccccc1. The van der Waals surface area contributed by atoms with Gasteiger partial charge in [-0.1, -0.05) is 72.8 Å². The minimum absolute atomic E-state index is 0.145. The van der Waals surface area contributed by atoms with Crippen LogP contribution in [0.5, 0.6) is 0 Å². The van der Waals surface area contributed by atoms with E-state index in [9.17, 15) is 4.79 Å². The number of thioether (sulfide) groups is 1. The summed E-state index contributed by atoms with van der Waals surface area (Å²) in [6.45, 7) is 4.14. The molecule has 1 amide bonds. The molecule has 0 fully saturated rings. The molecule has 0 atom stereocenters. The molecule has 0 N–H and O–H groups in total. The first-order valence-corrected chi connectivity index (χ1v) is 11.9. The summed E-state index contributed by atoms with van der Waals surface area (Å²) in [5.41, 5.74) is 4.86. The Balaban J connectivity index is 1.51. The van der Waals surface area contributed by atoms with E-state index in [0.29, 0.717) is 18.8 Å². The number of rotatable bonds is 9. The molecule has 1 aromatic heterocycles. The monoisotopic (exact) mass is 440 g/mol. The van der Waals surface area contributed by atoms with E-state index in [0.717, 1.165) is 22.7 Å². The van der Waals surface area contributed by atoms with Gasteiger partial charge in [0, 0.05) is 29.9 Å². The second-order valence-electron chi connectivity index (χ2n) is 7.89. The summed E-state index contributed by atoms with van der Waals surface area (Å²) >= 11 is 1.59. The Morgan fingerprint density at radius 3 is 2.25 bits per heavy atom. The van der Waals surface area contributed by atoms with E-state index < -0.39 is 0 Å². The summed E-state index contributed by atoms with van der Waals surface area (Å²) in [5, 5.41) is 0. The largest absolute Gasteiger partial charge is 0.345 e. The number of hydrogen-bond donors (Lipinski definition) is 0. The second-order valence-corrected chi connectivity index (χ2v) is 8.94. The highest BCUT2D eigenvalue weighted by atomic mass is 32.2. The van der Waals surface area contributed by atoms with Gasteiger partial charge in [-0.3, -0.25) is 4.79 Å². The number of hydrogen-bond acceptors (Lipinski definition) is 2. The molecule has 1 heterocycles. The van der Waals surface area contributed by atoms with Crippen LogP contribution in [0.15, 0.2) is 108 Å². The fourth-order valence-electron chi connectivity index (χ4n) is 3.70. The zero-order valence-corrected chi connectivity index (χ0v) is 19.2. The Hall–Kier alpha value is -3.24. The van der Waals surface area contributed by atoms with Crippen molar-refractivity contribution in [1.82, 2.24) is 9.47 Å². The van der Waals surface area contributed by atoms with Crippen molar-refractivity contribution in [1.29, 1.82) is 0 Å². The highest BCUT2D eigenvalue weighted by Gasteiger charge is 2.17. The molecule has 0 bridgehead atoms. The van der Waals surface area contributed by atoms with Crippen LogP contribution in [0.3, 0.4) is 0 Å². The molecule has 0 aliphatic rings. The average Bonchev–Trinajstić information content (AvgIpc) is 3.26. The number of nitrogens with zero attached hydrogens (tertiary/aromatic N) is 2. The molecule has 0 radical (unpaired) electrons. The average molecular weight is 441 g/mol. The Labute approximate surface area is 194 Å². The standard InChI is InChI=1S/C28H28N2OS/c1-23-11-8-9-14-25(23)20-29-18-10-15-26(29)21-30(19-24-12-4-2-5-13-24)28(31)22-32-27-16-6-3-7-17-27/h2-18H,19-22H2,1H3. The maximum absolute atomic E-state index is 13.3. The van der Waals surface area contributed by atoms with Crippen LogP contribution < -0.4 is 0 Å². The molecule has 3 nitrogen and oxygen atoms in total. The summed E-state index contributed by atoms with van der Waals surface area (Å²) in [4.78, 5) is 16.3. The fourth-order valence-corrected chi connectivity index (χ4v) is 4.53. The van der Waals surface area contributed by atoms with Gasteiger partial charge in [0.2, 0.25) is 5.91 Å². The first kappa shape index (κ1) is 22.0. The van der Waals surface area contributed by atoms with Crippen molar-refractivity contribution >= 4 is 17.7 Å². The molecule has 4 aromatic rings. The van der Waals surface area contributed by atoms with Gasteiger partial charge in [-0.25, -0.2) is 0 Å². The third kappa shape index (κ3) is 5.92. The van der Waals surface area contributed by atoms with Crippen LogP contribution in [0.25, 0.3) is 0 Å². The van der Waals surface area contributed by atoms with E-state index in [2.05, 4.69) is 66.2 Å². The van der Waals surface area contributed by atoms with Crippen molar-refractivity contribution in [3.05, 3.63) is 126 Å². The van der Waals surface area contributed by atoms with Gasteiger partial charge in [0.05, 0.1) is 12.3 Å². The quantitative estimate of drug-likeness (QED) is 0.291. The minimum atomic E-state index is 0.145. The topological polar surface area (TPSA) is 25.2 Å². The second kappa shape index (κ2) is 10.9. The molecule has 0 aliphatic carbocycles. The molecular formula is C28H28N2OS. The number of aromatic nitrogens is 1. The first-order valence-electron chi connectivity index (χ1n) is 10.9. The van der Waals surface area contributed by atoms with Gasteiger partial charge in [0.1, 0.15) is 0 Å². The molecule has 32 heavy (non-hydrogen) atoms. The van der Waals surface area contributed by atoms with Gasteiger partial charge < -0.3 is 9.47 Å². The van der Waals surface area contributed by atoms with Crippen molar-refractivity contribution in [2.24, 2.45) is 0 Å². The van der Waals surface area contributed by atoms with E-state index in [4.69, 9.17) is 0 Å².